The average molecular weight is 600 g/mol. The van der Waals surface area contributed by atoms with Crippen LogP contribution in [0.25, 0.3) is 0 Å². The summed E-state index contributed by atoms with van der Waals surface area (Å²) in [6.07, 6.45) is 1.41. The summed E-state index contributed by atoms with van der Waals surface area (Å²) in [5.74, 6) is -2.22. The summed E-state index contributed by atoms with van der Waals surface area (Å²) in [5, 5.41) is 10.4. The normalized spacial score (nSPS) is 17.8. The molecule has 4 rings (SSSR count). The summed E-state index contributed by atoms with van der Waals surface area (Å²) in [5.41, 5.74) is 1.85. The van der Waals surface area contributed by atoms with Crippen molar-refractivity contribution in [1.29, 1.82) is 0 Å². The molecule has 0 saturated carbocycles. The highest BCUT2D eigenvalue weighted by molar-refractivity contribution is 7.92. The van der Waals surface area contributed by atoms with E-state index in [9.17, 15) is 26.4 Å². The molecule has 1 amide bonds. The van der Waals surface area contributed by atoms with E-state index in [0.29, 0.717) is 23.6 Å². The van der Waals surface area contributed by atoms with Gasteiger partial charge in [-0.1, -0.05) is 25.5 Å². The molecule has 14 heteroatoms. The highest BCUT2D eigenvalue weighted by Crippen LogP contribution is 2.28. The average Bonchev–Trinajstić information content (AvgIpc) is 2.93. The number of rotatable bonds is 7. The van der Waals surface area contributed by atoms with E-state index in [-0.39, 0.29) is 16.8 Å². The number of alkyl halides is 3. The van der Waals surface area contributed by atoms with Gasteiger partial charge in [-0.3, -0.25) is 9.52 Å². The Morgan fingerprint density at radius 3 is 2.32 bits per heavy atom. The van der Waals surface area contributed by atoms with Crippen LogP contribution < -0.4 is 14.9 Å². The van der Waals surface area contributed by atoms with Crippen molar-refractivity contribution < 1.29 is 36.3 Å². The number of halogens is 3. The Bertz CT molecular complexity index is 1300. The number of amides is 1. The van der Waals surface area contributed by atoms with Crippen LogP contribution in [0, 0.1) is 0 Å². The van der Waals surface area contributed by atoms with Gasteiger partial charge in [-0.2, -0.15) is 13.2 Å². The molecule has 1 unspecified atom stereocenters. The first-order chi connectivity index (χ1) is 19.3. The summed E-state index contributed by atoms with van der Waals surface area (Å²) >= 11 is 0. The Morgan fingerprint density at radius 2 is 1.76 bits per heavy atom. The van der Waals surface area contributed by atoms with Gasteiger partial charge in [-0.15, -0.1) is 0 Å². The number of pyridine rings is 1. The summed E-state index contributed by atoms with van der Waals surface area (Å²) in [7, 11) is -3.80. The number of carboxylic acids is 1. The number of nitrogens with zero attached hydrogens (tertiary/aromatic N) is 3. The number of likely N-dealkylation sites (tertiary alicyclic amines) is 1. The maximum Gasteiger partial charge on any atom is 0.490 e. The molecule has 0 aliphatic carbocycles. The Balaban J connectivity index is 0.000000587. The number of aromatic nitrogens is 1. The highest BCUT2D eigenvalue weighted by atomic mass is 32.2. The predicted octanol–water partition coefficient (Wildman–Crippen LogP) is 3.89. The van der Waals surface area contributed by atoms with E-state index in [2.05, 4.69) is 33.8 Å². The van der Waals surface area contributed by atoms with Crippen molar-refractivity contribution in [2.45, 2.75) is 63.1 Å². The van der Waals surface area contributed by atoms with Crippen molar-refractivity contribution in [3.8, 4) is 0 Å². The zero-order chi connectivity index (χ0) is 30.2. The van der Waals surface area contributed by atoms with Gasteiger partial charge in [0.05, 0.1) is 22.3 Å². The number of aliphatic carboxylic acids is 1. The summed E-state index contributed by atoms with van der Waals surface area (Å²) in [6.45, 7) is 8.00. The number of hydrogen-bond acceptors (Lipinski definition) is 7. The zero-order valence-corrected chi connectivity index (χ0v) is 23.9. The quantitative estimate of drug-likeness (QED) is 0.437. The lowest BCUT2D eigenvalue weighted by molar-refractivity contribution is -0.192. The van der Waals surface area contributed by atoms with Gasteiger partial charge in [0.15, 0.2) is 0 Å². The summed E-state index contributed by atoms with van der Waals surface area (Å²) in [6, 6.07) is 8.73. The molecule has 226 valence electrons. The number of aryl methyl sites for hydroxylation is 1. The van der Waals surface area contributed by atoms with Crippen molar-refractivity contribution in [1.82, 2.24) is 15.2 Å². The topological polar surface area (TPSA) is 132 Å². The van der Waals surface area contributed by atoms with Crippen LogP contribution in [0.3, 0.4) is 0 Å². The number of anilines is 2. The van der Waals surface area contributed by atoms with E-state index in [1.807, 2.05) is 17.0 Å². The van der Waals surface area contributed by atoms with Crippen LogP contribution in [-0.4, -0.2) is 80.2 Å². The third kappa shape index (κ3) is 8.80. The molecule has 2 aliphatic heterocycles. The fraction of sp³-hybridized carbons (Fsp3) is 0.519. The molecular formula is C27H36F3N5O5S. The third-order valence-corrected chi connectivity index (χ3v) is 8.24. The Hall–Kier alpha value is -3.39. The molecule has 10 nitrogen and oxygen atoms in total. The largest absolute Gasteiger partial charge is 0.490 e. The van der Waals surface area contributed by atoms with Gasteiger partial charge in [0.2, 0.25) is 0 Å². The molecular weight excluding hydrogens is 563 g/mol. The Kier molecular flexibility index (Phi) is 11.0. The van der Waals surface area contributed by atoms with Gasteiger partial charge in [-0.05, 0) is 56.4 Å². The Morgan fingerprint density at radius 1 is 1.12 bits per heavy atom. The molecule has 1 aromatic carbocycles. The lowest BCUT2D eigenvalue weighted by Gasteiger charge is -2.35. The lowest BCUT2D eigenvalue weighted by Crippen LogP contribution is -2.46. The maximum atomic E-state index is 13.6. The fourth-order valence-electron chi connectivity index (χ4n) is 4.69. The van der Waals surface area contributed by atoms with Crippen LogP contribution in [-0.2, 0) is 21.2 Å². The SMILES string of the molecule is CCCc1ccc(S(=O)(=O)Nc2cnc(N3CCNCC3)c(C(=O)N3CCCCC3C)c2)cc1.O=C(O)C(F)(F)F. The molecule has 0 spiro atoms. The first-order valence-corrected chi connectivity index (χ1v) is 15.0. The standard InChI is InChI=1S/C25H35N5O3S.C2HF3O2/c1-3-6-20-8-10-22(11-9-20)34(32,33)28-21-17-23(25(31)30-14-5-4-7-19(30)2)24(27-18-21)29-15-12-26-13-16-29;3-2(4,5)1(6)7/h8-11,17-19,26,28H,3-7,12-16H2,1-2H3;(H,6,7). The van der Waals surface area contributed by atoms with Gasteiger partial charge < -0.3 is 20.2 Å². The summed E-state index contributed by atoms with van der Waals surface area (Å²) < 4.78 is 60.4. The summed E-state index contributed by atoms with van der Waals surface area (Å²) in [4.78, 5) is 31.3. The minimum Gasteiger partial charge on any atom is -0.475 e. The predicted molar refractivity (Wildman–Crippen MR) is 149 cm³/mol. The van der Waals surface area contributed by atoms with Crippen LogP contribution in [0.5, 0.6) is 0 Å². The number of sulfonamides is 1. The van der Waals surface area contributed by atoms with Crippen LogP contribution in [0.1, 0.15) is 55.5 Å². The van der Waals surface area contributed by atoms with Crippen molar-refractivity contribution in [2.75, 3.05) is 42.3 Å². The van der Waals surface area contributed by atoms with Crippen LogP contribution in [0.2, 0.25) is 0 Å². The molecule has 3 N–H and O–H groups in total. The maximum absolute atomic E-state index is 13.6. The molecule has 2 saturated heterocycles. The molecule has 0 bridgehead atoms. The van der Waals surface area contributed by atoms with Crippen LogP contribution in [0.4, 0.5) is 24.7 Å². The van der Waals surface area contributed by atoms with Crippen molar-refractivity contribution in [2.24, 2.45) is 0 Å². The van der Waals surface area contributed by atoms with Gasteiger partial charge in [-0.25, -0.2) is 18.2 Å². The lowest BCUT2D eigenvalue weighted by atomic mass is 10.0. The molecule has 2 aromatic rings. The van der Waals surface area contributed by atoms with Crippen molar-refractivity contribution in [3.63, 3.8) is 0 Å². The second kappa shape index (κ2) is 14.0. The van der Waals surface area contributed by atoms with Gasteiger partial charge in [0.25, 0.3) is 15.9 Å². The van der Waals surface area contributed by atoms with Crippen LogP contribution >= 0.6 is 0 Å². The number of benzene rings is 1. The molecule has 41 heavy (non-hydrogen) atoms. The first-order valence-electron chi connectivity index (χ1n) is 13.5. The van der Waals surface area contributed by atoms with E-state index in [0.717, 1.165) is 63.8 Å². The number of piperidine rings is 1. The number of carbonyl (C=O) groups is 2. The molecule has 1 aromatic heterocycles. The number of hydrogen-bond donors (Lipinski definition) is 3. The highest BCUT2D eigenvalue weighted by Gasteiger charge is 2.38. The van der Waals surface area contributed by atoms with Gasteiger partial charge in [0.1, 0.15) is 5.82 Å². The number of carboxylic acid groups (broad SMARTS) is 1. The monoisotopic (exact) mass is 599 g/mol. The number of carbonyl (C=O) groups excluding carboxylic acids is 1. The number of piperazine rings is 1. The molecule has 0 radical (unpaired) electrons. The van der Waals surface area contributed by atoms with Crippen molar-refractivity contribution in [3.05, 3.63) is 47.7 Å². The van der Waals surface area contributed by atoms with Crippen LogP contribution in [0.15, 0.2) is 41.4 Å². The minimum atomic E-state index is -5.08. The first kappa shape index (κ1) is 32.1. The third-order valence-electron chi connectivity index (χ3n) is 6.84. The van der Waals surface area contributed by atoms with Gasteiger partial charge in [0, 0.05) is 38.8 Å². The zero-order valence-electron chi connectivity index (χ0n) is 23.1. The van der Waals surface area contributed by atoms with E-state index in [1.165, 1.54) is 6.20 Å². The van der Waals surface area contributed by atoms with E-state index < -0.39 is 22.2 Å². The smallest absolute Gasteiger partial charge is 0.475 e. The number of nitrogens with one attached hydrogen (secondary N) is 2. The Labute approximate surface area is 238 Å². The molecule has 1 atom stereocenters. The molecule has 2 aliphatic rings. The second-order valence-corrected chi connectivity index (χ2v) is 11.7. The molecule has 2 fully saturated rings. The van der Waals surface area contributed by atoms with Gasteiger partial charge >= 0.3 is 12.1 Å². The molecule has 3 heterocycles. The minimum absolute atomic E-state index is 0.0850. The van der Waals surface area contributed by atoms with E-state index in [1.54, 1.807) is 18.2 Å². The fourth-order valence-corrected chi connectivity index (χ4v) is 5.73. The second-order valence-electron chi connectivity index (χ2n) is 9.98. The van der Waals surface area contributed by atoms with E-state index >= 15 is 0 Å². The van der Waals surface area contributed by atoms with E-state index in [4.69, 9.17) is 9.90 Å². The van der Waals surface area contributed by atoms with Crippen molar-refractivity contribution >= 4 is 33.4 Å².